The second-order valence-electron chi connectivity index (χ2n) is 6.11. The molecule has 0 aliphatic carbocycles. The normalized spacial score (nSPS) is 21.7. The SMILES string of the molecule is Cc1ccc(C2CN(c3sc(Cl)cc3CCO)CC(C)N2)cn1. The van der Waals surface area contributed by atoms with E-state index in [1.807, 2.05) is 19.2 Å². The molecule has 4 nitrogen and oxygen atoms in total. The predicted octanol–water partition coefficient (Wildman–Crippen LogP) is 3.18. The third-order valence-electron chi connectivity index (χ3n) is 4.14. The summed E-state index contributed by atoms with van der Waals surface area (Å²) in [4.78, 5) is 6.80. The van der Waals surface area contributed by atoms with Crippen molar-refractivity contribution in [3.63, 3.8) is 0 Å². The molecule has 0 aromatic carbocycles. The lowest BCUT2D eigenvalue weighted by atomic mass is 10.0. The number of rotatable bonds is 4. The van der Waals surface area contributed by atoms with Gasteiger partial charge in [-0.25, -0.2) is 0 Å². The molecule has 2 N–H and O–H groups in total. The minimum Gasteiger partial charge on any atom is -0.396 e. The van der Waals surface area contributed by atoms with Gasteiger partial charge in [-0.15, -0.1) is 11.3 Å². The second-order valence-corrected chi connectivity index (χ2v) is 7.77. The summed E-state index contributed by atoms with van der Waals surface area (Å²) >= 11 is 7.81. The number of hydrogen-bond acceptors (Lipinski definition) is 5. The summed E-state index contributed by atoms with van der Waals surface area (Å²) < 4.78 is 0.781. The van der Waals surface area contributed by atoms with Crippen molar-refractivity contribution in [1.29, 1.82) is 0 Å². The molecule has 23 heavy (non-hydrogen) atoms. The van der Waals surface area contributed by atoms with Crippen molar-refractivity contribution in [1.82, 2.24) is 10.3 Å². The standard InChI is InChI=1S/C17H22ClN3OS/c1-11-3-4-14(8-19-11)15-10-21(9-12(2)20-15)17-13(5-6-22)7-16(18)23-17/h3-4,7-8,12,15,20,22H,5-6,9-10H2,1-2H3. The Bertz CT molecular complexity index is 658. The lowest BCUT2D eigenvalue weighted by molar-refractivity contribution is 0.299. The number of hydrogen-bond donors (Lipinski definition) is 2. The number of nitrogens with one attached hydrogen (secondary N) is 1. The van der Waals surface area contributed by atoms with Crippen LogP contribution in [0.3, 0.4) is 0 Å². The fourth-order valence-corrected chi connectivity index (χ4v) is 4.39. The highest BCUT2D eigenvalue weighted by atomic mass is 35.5. The van der Waals surface area contributed by atoms with Crippen LogP contribution in [-0.2, 0) is 6.42 Å². The van der Waals surface area contributed by atoms with Crippen LogP contribution in [0.15, 0.2) is 24.4 Å². The van der Waals surface area contributed by atoms with Crippen LogP contribution in [0.4, 0.5) is 5.00 Å². The molecule has 0 bridgehead atoms. The van der Waals surface area contributed by atoms with E-state index in [0.29, 0.717) is 12.5 Å². The van der Waals surface area contributed by atoms with Crippen LogP contribution in [0.5, 0.6) is 0 Å². The lowest BCUT2D eigenvalue weighted by Crippen LogP contribution is -2.51. The van der Waals surface area contributed by atoms with Crippen molar-refractivity contribution >= 4 is 27.9 Å². The molecule has 3 heterocycles. The van der Waals surface area contributed by atoms with Gasteiger partial charge in [0.05, 0.1) is 15.4 Å². The van der Waals surface area contributed by atoms with Crippen LogP contribution < -0.4 is 10.2 Å². The predicted molar refractivity (Wildman–Crippen MR) is 96.6 cm³/mol. The molecule has 2 atom stereocenters. The van der Waals surface area contributed by atoms with E-state index in [1.54, 1.807) is 11.3 Å². The molecule has 1 aliphatic heterocycles. The average molecular weight is 352 g/mol. The summed E-state index contributed by atoms with van der Waals surface area (Å²) in [6, 6.07) is 6.80. The van der Waals surface area contributed by atoms with Crippen molar-refractivity contribution in [3.05, 3.63) is 45.6 Å². The highest BCUT2D eigenvalue weighted by Crippen LogP contribution is 2.37. The van der Waals surface area contributed by atoms with Gasteiger partial charge in [0.15, 0.2) is 0 Å². The van der Waals surface area contributed by atoms with Crippen LogP contribution in [0, 0.1) is 6.92 Å². The van der Waals surface area contributed by atoms with E-state index in [4.69, 9.17) is 11.6 Å². The van der Waals surface area contributed by atoms with Gasteiger partial charge in [0.25, 0.3) is 0 Å². The van der Waals surface area contributed by atoms with Gasteiger partial charge in [0, 0.05) is 37.6 Å². The number of piperazine rings is 1. The van der Waals surface area contributed by atoms with Crippen molar-refractivity contribution < 1.29 is 5.11 Å². The van der Waals surface area contributed by atoms with Gasteiger partial charge in [-0.1, -0.05) is 17.7 Å². The smallest absolute Gasteiger partial charge is 0.0958 e. The first-order chi connectivity index (χ1) is 11.1. The van der Waals surface area contributed by atoms with Crippen LogP contribution >= 0.6 is 22.9 Å². The fraction of sp³-hybridized carbons (Fsp3) is 0.471. The number of halogens is 1. The summed E-state index contributed by atoms with van der Waals surface area (Å²) in [5.74, 6) is 0. The van der Waals surface area contributed by atoms with Crippen LogP contribution in [0.25, 0.3) is 0 Å². The van der Waals surface area contributed by atoms with E-state index in [0.717, 1.165) is 28.7 Å². The second kappa shape index (κ2) is 7.18. The topological polar surface area (TPSA) is 48.4 Å². The Labute approximate surface area is 146 Å². The van der Waals surface area contributed by atoms with Crippen molar-refractivity contribution in [2.45, 2.75) is 32.4 Å². The zero-order valence-electron chi connectivity index (χ0n) is 13.4. The molecule has 124 valence electrons. The third kappa shape index (κ3) is 3.86. The molecule has 0 amide bonds. The molecule has 1 fully saturated rings. The lowest BCUT2D eigenvalue weighted by Gasteiger charge is -2.39. The molecule has 3 rings (SSSR count). The highest BCUT2D eigenvalue weighted by Gasteiger charge is 2.27. The van der Waals surface area contributed by atoms with Crippen molar-refractivity contribution in [3.8, 4) is 0 Å². The van der Waals surface area contributed by atoms with E-state index in [1.165, 1.54) is 10.6 Å². The van der Waals surface area contributed by atoms with Crippen molar-refractivity contribution in [2.75, 3.05) is 24.6 Å². The van der Waals surface area contributed by atoms with E-state index < -0.39 is 0 Å². The average Bonchev–Trinajstić information content (AvgIpc) is 2.88. The van der Waals surface area contributed by atoms with Gasteiger partial charge in [0.1, 0.15) is 0 Å². The number of aryl methyl sites for hydroxylation is 1. The molecular formula is C17H22ClN3OS. The van der Waals surface area contributed by atoms with Gasteiger partial charge in [-0.05, 0) is 43.5 Å². The van der Waals surface area contributed by atoms with E-state index in [2.05, 4.69) is 34.3 Å². The van der Waals surface area contributed by atoms with Crippen LogP contribution in [0.2, 0.25) is 4.34 Å². The first-order valence-corrected chi connectivity index (χ1v) is 9.09. The summed E-state index contributed by atoms with van der Waals surface area (Å²) in [5, 5.41) is 14.1. The maximum absolute atomic E-state index is 9.28. The molecule has 6 heteroatoms. The number of pyridine rings is 1. The molecule has 0 saturated carbocycles. The highest BCUT2D eigenvalue weighted by molar-refractivity contribution is 7.20. The van der Waals surface area contributed by atoms with Gasteiger partial charge in [0.2, 0.25) is 0 Å². The Balaban J connectivity index is 1.84. The van der Waals surface area contributed by atoms with Gasteiger partial charge >= 0.3 is 0 Å². The Morgan fingerprint density at radius 3 is 2.96 bits per heavy atom. The molecule has 1 saturated heterocycles. The quantitative estimate of drug-likeness (QED) is 0.888. The monoisotopic (exact) mass is 351 g/mol. The first kappa shape index (κ1) is 16.7. The molecule has 2 aromatic rings. The molecular weight excluding hydrogens is 330 g/mol. The summed E-state index contributed by atoms with van der Waals surface area (Å²) in [7, 11) is 0. The minimum atomic E-state index is 0.146. The Kier molecular flexibility index (Phi) is 5.21. The van der Waals surface area contributed by atoms with Crippen LogP contribution in [0.1, 0.15) is 29.8 Å². The molecule has 2 aromatic heterocycles. The summed E-state index contributed by atoms with van der Waals surface area (Å²) in [6.45, 7) is 6.16. The van der Waals surface area contributed by atoms with Gasteiger partial charge < -0.3 is 15.3 Å². The zero-order valence-corrected chi connectivity index (χ0v) is 15.0. The third-order valence-corrected chi connectivity index (χ3v) is 5.51. The zero-order chi connectivity index (χ0) is 16.4. The van der Waals surface area contributed by atoms with Crippen molar-refractivity contribution in [2.24, 2.45) is 0 Å². The van der Waals surface area contributed by atoms with E-state index >= 15 is 0 Å². The summed E-state index contributed by atoms with van der Waals surface area (Å²) in [5.41, 5.74) is 3.38. The molecule has 0 spiro atoms. The molecule has 1 aliphatic rings. The Morgan fingerprint density at radius 1 is 1.43 bits per heavy atom. The fourth-order valence-electron chi connectivity index (χ4n) is 3.08. The number of thiophene rings is 1. The van der Waals surface area contributed by atoms with Gasteiger partial charge in [-0.2, -0.15) is 0 Å². The number of aromatic nitrogens is 1. The van der Waals surface area contributed by atoms with Crippen LogP contribution in [-0.4, -0.2) is 35.8 Å². The Morgan fingerprint density at radius 2 is 2.26 bits per heavy atom. The molecule has 0 radical (unpaired) electrons. The number of aliphatic hydroxyl groups is 1. The number of nitrogens with zero attached hydrogens (tertiary/aromatic N) is 2. The maximum Gasteiger partial charge on any atom is 0.0958 e. The largest absolute Gasteiger partial charge is 0.396 e. The molecule has 2 unspecified atom stereocenters. The van der Waals surface area contributed by atoms with Gasteiger partial charge in [-0.3, -0.25) is 4.98 Å². The number of aliphatic hydroxyl groups excluding tert-OH is 1. The van der Waals surface area contributed by atoms with E-state index in [-0.39, 0.29) is 12.6 Å². The Hall–Kier alpha value is -1.14. The first-order valence-electron chi connectivity index (χ1n) is 7.89. The summed E-state index contributed by atoms with van der Waals surface area (Å²) in [6.07, 6.45) is 2.60. The number of anilines is 1. The van der Waals surface area contributed by atoms with E-state index in [9.17, 15) is 5.11 Å². The maximum atomic E-state index is 9.28. The minimum absolute atomic E-state index is 0.146.